The molecule has 1 aliphatic rings. The molecule has 1 fully saturated rings. The number of hydrogen-bond donors (Lipinski definition) is 0. The fourth-order valence-electron chi connectivity index (χ4n) is 2.51. The predicted octanol–water partition coefficient (Wildman–Crippen LogP) is 2.53. The van der Waals surface area contributed by atoms with Crippen LogP contribution in [0.1, 0.15) is 10.6 Å². The van der Waals surface area contributed by atoms with E-state index in [2.05, 4.69) is 4.98 Å². The first-order chi connectivity index (χ1) is 11.2. The molecular weight excluding hydrogens is 312 g/mol. The van der Waals surface area contributed by atoms with Gasteiger partial charge in [0.1, 0.15) is 10.8 Å². The molecule has 5 nitrogen and oxygen atoms in total. The maximum Gasteiger partial charge on any atom is 0.228 e. The number of aromatic nitrogens is 1. The van der Waals surface area contributed by atoms with E-state index in [0.29, 0.717) is 32.7 Å². The van der Waals surface area contributed by atoms with E-state index < -0.39 is 0 Å². The van der Waals surface area contributed by atoms with Crippen molar-refractivity contribution in [1.82, 2.24) is 9.88 Å². The summed E-state index contributed by atoms with van der Waals surface area (Å²) in [5.41, 5.74) is 1.98. The van der Waals surface area contributed by atoms with Crippen molar-refractivity contribution in [2.75, 3.05) is 33.4 Å². The lowest BCUT2D eigenvalue weighted by molar-refractivity contribution is -0.134. The highest BCUT2D eigenvalue weighted by molar-refractivity contribution is 7.15. The number of carbonyl (C=O) groups excluding carboxylic acids is 1. The van der Waals surface area contributed by atoms with Gasteiger partial charge in [-0.25, -0.2) is 4.98 Å². The molecular formula is C17H20N2O3S. The standard InChI is InChI=1S/C17H20N2O3S/c1-12-15(11-16(20)19-7-9-22-10-8-19)23-17(18-12)13-3-5-14(21-2)6-4-13/h3-6H,7-11H2,1-2H3. The Morgan fingerprint density at radius 1 is 1.30 bits per heavy atom. The summed E-state index contributed by atoms with van der Waals surface area (Å²) in [6.07, 6.45) is 0.416. The van der Waals surface area contributed by atoms with Gasteiger partial charge in [-0.3, -0.25) is 4.79 Å². The Labute approximate surface area is 139 Å². The number of methoxy groups -OCH3 is 1. The van der Waals surface area contributed by atoms with Gasteiger partial charge < -0.3 is 14.4 Å². The Morgan fingerprint density at radius 2 is 2.00 bits per heavy atom. The van der Waals surface area contributed by atoms with Gasteiger partial charge in [-0.05, 0) is 31.2 Å². The van der Waals surface area contributed by atoms with E-state index in [4.69, 9.17) is 9.47 Å². The minimum atomic E-state index is 0.154. The fourth-order valence-corrected chi connectivity index (χ4v) is 3.57. The average Bonchev–Trinajstić information content (AvgIpc) is 2.96. The highest BCUT2D eigenvalue weighted by atomic mass is 32.1. The molecule has 0 saturated carbocycles. The van der Waals surface area contributed by atoms with Crippen molar-refractivity contribution in [1.29, 1.82) is 0 Å². The highest BCUT2D eigenvalue weighted by Gasteiger charge is 2.19. The molecule has 6 heteroatoms. The lowest BCUT2D eigenvalue weighted by Gasteiger charge is -2.26. The Kier molecular flexibility index (Phi) is 4.93. The van der Waals surface area contributed by atoms with E-state index in [1.165, 1.54) is 0 Å². The lowest BCUT2D eigenvalue weighted by atomic mass is 10.2. The average molecular weight is 332 g/mol. The van der Waals surface area contributed by atoms with Crippen LogP contribution < -0.4 is 4.74 Å². The van der Waals surface area contributed by atoms with Gasteiger partial charge in [0.05, 0.1) is 32.4 Å². The molecule has 122 valence electrons. The summed E-state index contributed by atoms with van der Waals surface area (Å²) in [4.78, 5) is 19.9. The first-order valence-corrected chi connectivity index (χ1v) is 8.45. The monoisotopic (exact) mass is 332 g/mol. The summed E-state index contributed by atoms with van der Waals surface area (Å²) in [5, 5.41) is 0.940. The number of benzene rings is 1. The van der Waals surface area contributed by atoms with Gasteiger partial charge in [-0.1, -0.05) is 0 Å². The van der Waals surface area contributed by atoms with Crippen LogP contribution in [0.15, 0.2) is 24.3 Å². The number of aryl methyl sites for hydroxylation is 1. The number of hydrogen-bond acceptors (Lipinski definition) is 5. The predicted molar refractivity (Wildman–Crippen MR) is 89.9 cm³/mol. The lowest BCUT2D eigenvalue weighted by Crippen LogP contribution is -2.41. The molecule has 0 spiro atoms. The molecule has 1 aromatic heterocycles. The van der Waals surface area contributed by atoms with Gasteiger partial charge in [0.15, 0.2) is 0 Å². The Bertz CT molecular complexity index is 676. The molecule has 2 heterocycles. The molecule has 0 N–H and O–H groups in total. The van der Waals surface area contributed by atoms with Crippen LogP contribution in [-0.4, -0.2) is 49.2 Å². The number of rotatable bonds is 4. The van der Waals surface area contributed by atoms with Crippen molar-refractivity contribution in [3.8, 4) is 16.3 Å². The number of carbonyl (C=O) groups is 1. The molecule has 1 saturated heterocycles. The Morgan fingerprint density at radius 3 is 2.65 bits per heavy atom. The zero-order valence-electron chi connectivity index (χ0n) is 13.4. The van der Waals surface area contributed by atoms with Crippen LogP contribution in [0.5, 0.6) is 5.75 Å². The minimum Gasteiger partial charge on any atom is -0.497 e. The number of thiazole rings is 1. The van der Waals surface area contributed by atoms with E-state index in [-0.39, 0.29) is 5.91 Å². The van der Waals surface area contributed by atoms with Gasteiger partial charge in [0.2, 0.25) is 5.91 Å². The second kappa shape index (κ2) is 7.10. The number of ether oxygens (including phenoxy) is 2. The molecule has 0 radical (unpaired) electrons. The number of nitrogens with zero attached hydrogens (tertiary/aromatic N) is 2. The van der Waals surface area contributed by atoms with Crippen molar-refractivity contribution < 1.29 is 14.3 Å². The van der Waals surface area contributed by atoms with Crippen molar-refractivity contribution in [3.63, 3.8) is 0 Å². The quantitative estimate of drug-likeness (QED) is 0.863. The number of morpholine rings is 1. The molecule has 3 rings (SSSR count). The topological polar surface area (TPSA) is 51.7 Å². The Balaban J connectivity index is 1.73. The van der Waals surface area contributed by atoms with Crippen LogP contribution in [-0.2, 0) is 16.0 Å². The maximum absolute atomic E-state index is 12.4. The van der Waals surface area contributed by atoms with Gasteiger partial charge in [-0.15, -0.1) is 11.3 Å². The van der Waals surface area contributed by atoms with Crippen molar-refractivity contribution in [2.45, 2.75) is 13.3 Å². The smallest absolute Gasteiger partial charge is 0.228 e. The second-order valence-electron chi connectivity index (χ2n) is 5.43. The summed E-state index contributed by atoms with van der Waals surface area (Å²) in [6, 6.07) is 7.82. The van der Waals surface area contributed by atoms with Gasteiger partial charge in [-0.2, -0.15) is 0 Å². The van der Waals surface area contributed by atoms with E-state index >= 15 is 0 Å². The third kappa shape index (κ3) is 3.71. The SMILES string of the molecule is COc1ccc(-c2nc(C)c(CC(=O)N3CCOCC3)s2)cc1. The van der Waals surface area contributed by atoms with Gasteiger partial charge in [0, 0.05) is 23.5 Å². The maximum atomic E-state index is 12.4. The molecule has 23 heavy (non-hydrogen) atoms. The van der Waals surface area contributed by atoms with Crippen LogP contribution in [0, 0.1) is 6.92 Å². The normalized spacial score (nSPS) is 14.8. The molecule has 1 aromatic carbocycles. The van der Waals surface area contributed by atoms with Gasteiger partial charge in [0.25, 0.3) is 0 Å². The van der Waals surface area contributed by atoms with Crippen molar-refractivity contribution in [2.24, 2.45) is 0 Å². The molecule has 2 aromatic rings. The molecule has 0 bridgehead atoms. The first-order valence-electron chi connectivity index (χ1n) is 7.63. The summed E-state index contributed by atoms with van der Waals surface area (Å²) < 4.78 is 10.5. The minimum absolute atomic E-state index is 0.154. The van der Waals surface area contributed by atoms with Gasteiger partial charge >= 0.3 is 0 Å². The van der Waals surface area contributed by atoms with Crippen LogP contribution in [0.2, 0.25) is 0 Å². The summed E-state index contributed by atoms with van der Waals surface area (Å²) >= 11 is 1.59. The van der Waals surface area contributed by atoms with E-state index in [1.807, 2.05) is 36.1 Å². The van der Waals surface area contributed by atoms with Crippen LogP contribution in [0.4, 0.5) is 0 Å². The first kappa shape index (κ1) is 16.0. The molecule has 1 amide bonds. The van der Waals surface area contributed by atoms with Crippen LogP contribution >= 0.6 is 11.3 Å². The zero-order valence-corrected chi connectivity index (χ0v) is 14.2. The summed E-state index contributed by atoms with van der Waals surface area (Å²) in [7, 11) is 1.65. The Hall–Kier alpha value is -1.92. The van der Waals surface area contributed by atoms with E-state index in [9.17, 15) is 4.79 Å². The molecule has 0 atom stereocenters. The highest BCUT2D eigenvalue weighted by Crippen LogP contribution is 2.29. The zero-order chi connectivity index (χ0) is 16.2. The number of amides is 1. The van der Waals surface area contributed by atoms with Crippen molar-refractivity contribution in [3.05, 3.63) is 34.8 Å². The fraction of sp³-hybridized carbons (Fsp3) is 0.412. The second-order valence-corrected chi connectivity index (χ2v) is 6.51. The molecule has 1 aliphatic heterocycles. The van der Waals surface area contributed by atoms with E-state index in [0.717, 1.165) is 26.9 Å². The molecule has 0 unspecified atom stereocenters. The molecule has 0 aliphatic carbocycles. The van der Waals surface area contributed by atoms with E-state index in [1.54, 1.807) is 18.4 Å². The van der Waals surface area contributed by atoms with Crippen molar-refractivity contribution >= 4 is 17.2 Å². The largest absolute Gasteiger partial charge is 0.497 e. The summed E-state index contributed by atoms with van der Waals surface area (Å²) in [5.74, 6) is 0.978. The third-order valence-electron chi connectivity index (χ3n) is 3.91. The van der Waals surface area contributed by atoms with Crippen LogP contribution in [0.25, 0.3) is 10.6 Å². The van der Waals surface area contributed by atoms with Crippen LogP contribution in [0.3, 0.4) is 0 Å². The third-order valence-corrected chi connectivity index (χ3v) is 5.11. The summed E-state index contributed by atoms with van der Waals surface area (Å²) in [6.45, 7) is 4.59.